The topological polar surface area (TPSA) is 52.1 Å². The molecule has 4 nitrogen and oxygen atoms in total. The van der Waals surface area contributed by atoms with Crippen molar-refractivity contribution in [3.05, 3.63) is 53.9 Å². The van der Waals surface area contributed by atoms with E-state index < -0.39 is 6.36 Å². The number of aromatic nitrogens is 2. The van der Waals surface area contributed by atoms with Gasteiger partial charge in [-0.05, 0) is 23.8 Å². The fourth-order valence-corrected chi connectivity index (χ4v) is 1.55. The number of hydrogen-bond acceptors (Lipinski definition) is 4. The van der Waals surface area contributed by atoms with Crippen LogP contribution in [0.5, 0.6) is 5.75 Å². The summed E-state index contributed by atoms with van der Waals surface area (Å²) in [7, 11) is 0. The van der Waals surface area contributed by atoms with Gasteiger partial charge in [-0.2, -0.15) is 10.2 Å². The first-order chi connectivity index (χ1) is 9.44. The Balaban J connectivity index is 2.02. The average Bonchev–Trinajstić information content (AvgIpc) is 2.40. The Kier molecular flexibility index (Phi) is 3.97. The van der Waals surface area contributed by atoms with Gasteiger partial charge in [0.1, 0.15) is 5.75 Å². The maximum Gasteiger partial charge on any atom is 0.573 e. The molecule has 0 unspecified atom stereocenters. The maximum absolute atomic E-state index is 12.0. The van der Waals surface area contributed by atoms with Gasteiger partial charge in [0.15, 0.2) is 5.78 Å². The lowest BCUT2D eigenvalue weighted by atomic mass is 10.0. The predicted octanol–water partition coefficient (Wildman–Crippen LogP) is 2.80. The van der Waals surface area contributed by atoms with E-state index in [9.17, 15) is 18.0 Å². The zero-order valence-electron chi connectivity index (χ0n) is 10.1. The van der Waals surface area contributed by atoms with Crippen LogP contribution in [0.15, 0.2) is 42.7 Å². The van der Waals surface area contributed by atoms with Crippen LogP contribution in [0.25, 0.3) is 0 Å². The summed E-state index contributed by atoms with van der Waals surface area (Å²) in [5.74, 6) is -0.510. The molecule has 0 saturated carbocycles. The lowest BCUT2D eigenvalue weighted by molar-refractivity contribution is -0.274. The van der Waals surface area contributed by atoms with E-state index in [0.717, 1.165) is 0 Å². The first-order valence-electron chi connectivity index (χ1n) is 5.58. The van der Waals surface area contributed by atoms with Crippen molar-refractivity contribution in [2.75, 3.05) is 0 Å². The molecule has 2 aromatic rings. The van der Waals surface area contributed by atoms with E-state index >= 15 is 0 Å². The van der Waals surface area contributed by atoms with Gasteiger partial charge in [0.2, 0.25) is 0 Å². The van der Waals surface area contributed by atoms with Crippen molar-refractivity contribution >= 4 is 5.78 Å². The molecule has 0 spiro atoms. The molecule has 0 N–H and O–H groups in total. The van der Waals surface area contributed by atoms with Crippen molar-refractivity contribution in [1.82, 2.24) is 10.2 Å². The predicted molar refractivity (Wildman–Crippen MR) is 63.2 cm³/mol. The highest BCUT2D eigenvalue weighted by Crippen LogP contribution is 2.23. The Bertz CT molecular complexity index is 583. The smallest absolute Gasteiger partial charge is 0.406 e. The van der Waals surface area contributed by atoms with Crippen molar-refractivity contribution in [2.24, 2.45) is 0 Å². The number of alkyl halides is 3. The van der Waals surface area contributed by atoms with E-state index in [2.05, 4.69) is 14.9 Å². The number of benzene rings is 1. The van der Waals surface area contributed by atoms with Crippen molar-refractivity contribution in [1.29, 1.82) is 0 Å². The second-order valence-corrected chi connectivity index (χ2v) is 3.92. The molecule has 1 aromatic carbocycles. The monoisotopic (exact) mass is 282 g/mol. The standard InChI is InChI=1S/C13H9F3N2O2/c14-13(15,16)20-11-3-1-9(2-4-11)7-12(19)10-5-6-17-18-8-10/h1-6,8H,7H2. The Hall–Kier alpha value is -2.44. The third-order valence-corrected chi connectivity index (χ3v) is 2.43. The summed E-state index contributed by atoms with van der Waals surface area (Å²) in [6, 6.07) is 6.68. The molecule has 0 fully saturated rings. The minimum atomic E-state index is -4.72. The summed E-state index contributed by atoms with van der Waals surface area (Å²) in [6.07, 6.45) is -1.92. The third kappa shape index (κ3) is 4.04. The molecule has 2 rings (SSSR count). The van der Waals surface area contributed by atoms with Gasteiger partial charge in [0, 0.05) is 12.0 Å². The highest BCUT2D eigenvalue weighted by molar-refractivity contribution is 5.97. The van der Waals surface area contributed by atoms with Gasteiger partial charge in [-0.1, -0.05) is 12.1 Å². The normalized spacial score (nSPS) is 11.2. The second kappa shape index (κ2) is 5.68. The van der Waals surface area contributed by atoms with Crippen LogP contribution < -0.4 is 4.74 Å². The van der Waals surface area contributed by atoms with Crippen molar-refractivity contribution in [3.63, 3.8) is 0 Å². The van der Waals surface area contributed by atoms with Crippen molar-refractivity contribution < 1.29 is 22.7 Å². The van der Waals surface area contributed by atoms with E-state index in [4.69, 9.17) is 0 Å². The summed E-state index contributed by atoms with van der Waals surface area (Å²) in [5.41, 5.74) is 0.983. The molecule has 7 heteroatoms. The highest BCUT2D eigenvalue weighted by atomic mass is 19.4. The van der Waals surface area contributed by atoms with Crippen molar-refractivity contribution in [2.45, 2.75) is 12.8 Å². The van der Waals surface area contributed by atoms with E-state index in [1.54, 1.807) is 0 Å². The van der Waals surface area contributed by atoms with Gasteiger partial charge in [-0.25, -0.2) is 0 Å². The maximum atomic E-state index is 12.0. The number of rotatable bonds is 4. The number of Topliss-reactive ketones (excluding diaryl/α,β-unsaturated/α-hetero) is 1. The fraction of sp³-hybridized carbons (Fsp3) is 0.154. The molecule has 20 heavy (non-hydrogen) atoms. The zero-order chi connectivity index (χ0) is 14.6. The van der Waals surface area contributed by atoms with Gasteiger partial charge in [0.05, 0.1) is 12.4 Å². The van der Waals surface area contributed by atoms with Crippen LogP contribution in [0.2, 0.25) is 0 Å². The van der Waals surface area contributed by atoms with Crippen LogP contribution in [-0.4, -0.2) is 22.3 Å². The van der Waals surface area contributed by atoms with Gasteiger partial charge < -0.3 is 4.74 Å². The molecular formula is C13H9F3N2O2. The van der Waals surface area contributed by atoms with E-state index in [1.165, 1.54) is 42.7 Å². The SMILES string of the molecule is O=C(Cc1ccc(OC(F)(F)F)cc1)c1ccnnc1. The largest absolute Gasteiger partial charge is 0.573 e. The number of halogens is 3. The van der Waals surface area contributed by atoms with E-state index in [-0.39, 0.29) is 18.0 Å². The zero-order valence-corrected chi connectivity index (χ0v) is 10.1. The van der Waals surface area contributed by atoms with Gasteiger partial charge in [-0.3, -0.25) is 4.79 Å². The molecular weight excluding hydrogens is 273 g/mol. The van der Waals surface area contributed by atoms with Crippen LogP contribution in [0.4, 0.5) is 13.2 Å². The highest BCUT2D eigenvalue weighted by Gasteiger charge is 2.30. The molecule has 0 amide bonds. The molecule has 1 heterocycles. The molecule has 0 bridgehead atoms. The number of hydrogen-bond donors (Lipinski definition) is 0. The van der Waals surface area contributed by atoms with Crippen LogP contribution in [-0.2, 0) is 6.42 Å². The lowest BCUT2D eigenvalue weighted by Gasteiger charge is -2.09. The number of nitrogens with zero attached hydrogens (tertiary/aromatic N) is 2. The molecule has 104 valence electrons. The lowest BCUT2D eigenvalue weighted by Crippen LogP contribution is -2.17. The Labute approximate surface area is 112 Å². The molecule has 1 aromatic heterocycles. The molecule has 0 aliphatic heterocycles. The first kappa shape index (κ1) is 14.0. The number of carbonyl (C=O) groups excluding carboxylic acids is 1. The first-order valence-corrected chi connectivity index (χ1v) is 5.58. The Morgan fingerprint density at radius 2 is 1.80 bits per heavy atom. The molecule has 0 atom stereocenters. The van der Waals surface area contributed by atoms with Crippen LogP contribution in [0, 0.1) is 0 Å². The Morgan fingerprint density at radius 3 is 2.35 bits per heavy atom. The van der Waals surface area contributed by atoms with Gasteiger partial charge in [0.25, 0.3) is 0 Å². The Morgan fingerprint density at radius 1 is 1.10 bits per heavy atom. The minimum Gasteiger partial charge on any atom is -0.406 e. The summed E-state index contributed by atoms with van der Waals surface area (Å²) < 4.78 is 39.7. The van der Waals surface area contributed by atoms with Gasteiger partial charge >= 0.3 is 6.36 Å². The van der Waals surface area contributed by atoms with Crippen LogP contribution >= 0.6 is 0 Å². The van der Waals surface area contributed by atoms with Crippen LogP contribution in [0.1, 0.15) is 15.9 Å². The number of carbonyl (C=O) groups is 1. The third-order valence-electron chi connectivity index (χ3n) is 2.43. The summed E-state index contributed by atoms with van der Waals surface area (Å²) in [4.78, 5) is 11.8. The average molecular weight is 282 g/mol. The van der Waals surface area contributed by atoms with Crippen molar-refractivity contribution in [3.8, 4) is 5.75 Å². The molecule has 0 saturated heterocycles. The summed E-state index contributed by atoms with van der Waals surface area (Å²) in [5, 5.41) is 7.14. The summed E-state index contributed by atoms with van der Waals surface area (Å²) >= 11 is 0. The molecule has 0 aliphatic carbocycles. The second-order valence-electron chi connectivity index (χ2n) is 3.92. The van der Waals surface area contributed by atoms with Gasteiger partial charge in [-0.15, -0.1) is 13.2 Å². The molecule has 0 aliphatic rings. The fourth-order valence-electron chi connectivity index (χ4n) is 1.55. The summed E-state index contributed by atoms with van der Waals surface area (Å²) in [6.45, 7) is 0. The number of ether oxygens (including phenoxy) is 1. The van der Waals surface area contributed by atoms with Crippen LogP contribution in [0.3, 0.4) is 0 Å². The number of ketones is 1. The molecule has 0 radical (unpaired) electrons. The van der Waals surface area contributed by atoms with E-state index in [1.807, 2.05) is 0 Å². The minimum absolute atomic E-state index is 0.0675. The van der Waals surface area contributed by atoms with E-state index in [0.29, 0.717) is 11.1 Å². The quantitative estimate of drug-likeness (QED) is 0.809.